The Bertz CT molecular complexity index is 391. The molecule has 0 radical (unpaired) electrons. The first-order chi connectivity index (χ1) is 8.84. The molecule has 2 fully saturated rings. The molecule has 1 amide bonds. The molecule has 1 aromatic rings. The maximum atomic E-state index is 12.1. The number of carbonyl (C=O) groups is 1. The molecule has 18 heavy (non-hydrogen) atoms. The van der Waals surface area contributed by atoms with Gasteiger partial charge in [0.2, 0.25) is 0 Å². The van der Waals surface area contributed by atoms with Crippen LogP contribution in [-0.2, 0) is 0 Å². The van der Waals surface area contributed by atoms with Crippen molar-refractivity contribution >= 4 is 5.91 Å². The summed E-state index contributed by atoms with van der Waals surface area (Å²) in [5.74, 6) is 0.00335. The Labute approximate surface area is 106 Å². The van der Waals surface area contributed by atoms with Gasteiger partial charge in [0.15, 0.2) is 5.69 Å². The first-order valence-electron chi connectivity index (χ1n) is 6.74. The topological polar surface area (TPSA) is 65.1 Å². The van der Waals surface area contributed by atoms with Crippen molar-refractivity contribution < 1.29 is 4.79 Å². The van der Waals surface area contributed by atoms with Crippen LogP contribution in [0, 0.1) is 0 Å². The standard InChI is InChI=1S/C12H19N5O/c18-12(11-9-13-15-14-11)17-7-3-10(4-8-17)16-5-1-2-6-16/h9-10H,1-8H2,(H,13,14,15). The van der Waals surface area contributed by atoms with Crippen LogP contribution in [0.2, 0.25) is 0 Å². The Balaban J connectivity index is 1.55. The summed E-state index contributed by atoms with van der Waals surface area (Å²) in [6.45, 7) is 4.16. The Kier molecular flexibility index (Phi) is 3.27. The molecule has 0 atom stereocenters. The van der Waals surface area contributed by atoms with Crippen LogP contribution in [-0.4, -0.2) is 63.3 Å². The number of amides is 1. The van der Waals surface area contributed by atoms with Gasteiger partial charge < -0.3 is 9.80 Å². The molecule has 6 heteroatoms. The fourth-order valence-corrected chi connectivity index (χ4v) is 3.01. The second kappa shape index (κ2) is 5.06. The van der Waals surface area contributed by atoms with E-state index in [2.05, 4.69) is 20.3 Å². The highest BCUT2D eigenvalue weighted by atomic mass is 16.2. The number of hydrogen-bond acceptors (Lipinski definition) is 4. The summed E-state index contributed by atoms with van der Waals surface area (Å²) in [4.78, 5) is 16.6. The molecule has 0 spiro atoms. The van der Waals surface area contributed by atoms with Crippen LogP contribution in [0.25, 0.3) is 0 Å². The number of H-pyrrole nitrogens is 1. The number of piperidine rings is 1. The van der Waals surface area contributed by atoms with E-state index in [-0.39, 0.29) is 5.91 Å². The highest BCUT2D eigenvalue weighted by molar-refractivity contribution is 5.91. The second-order valence-electron chi connectivity index (χ2n) is 5.12. The zero-order valence-electron chi connectivity index (χ0n) is 10.5. The smallest absolute Gasteiger partial charge is 0.276 e. The van der Waals surface area contributed by atoms with Crippen molar-refractivity contribution in [3.05, 3.63) is 11.9 Å². The summed E-state index contributed by atoms with van der Waals surface area (Å²) in [6.07, 6.45) is 6.33. The third kappa shape index (κ3) is 2.25. The second-order valence-corrected chi connectivity index (χ2v) is 5.12. The fourth-order valence-electron chi connectivity index (χ4n) is 3.01. The first kappa shape index (κ1) is 11.6. The molecular weight excluding hydrogens is 230 g/mol. The van der Waals surface area contributed by atoms with E-state index < -0.39 is 0 Å². The molecule has 0 unspecified atom stereocenters. The van der Waals surface area contributed by atoms with Crippen LogP contribution >= 0.6 is 0 Å². The Morgan fingerprint density at radius 3 is 2.56 bits per heavy atom. The number of likely N-dealkylation sites (tertiary alicyclic amines) is 2. The predicted molar refractivity (Wildman–Crippen MR) is 66.1 cm³/mol. The van der Waals surface area contributed by atoms with Gasteiger partial charge in [-0.2, -0.15) is 15.4 Å². The molecule has 98 valence electrons. The SMILES string of the molecule is O=C(c1cn[nH]n1)N1CCC(N2CCCC2)CC1. The summed E-state index contributed by atoms with van der Waals surface area (Å²) >= 11 is 0. The van der Waals surface area contributed by atoms with Crippen molar-refractivity contribution in [3.8, 4) is 0 Å². The third-order valence-corrected chi connectivity index (χ3v) is 4.04. The van der Waals surface area contributed by atoms with E-state index in [0.717, 1.165) is 25.9 Å². The highest BCUT2D eigenvalue weighted by Crippen LogP contribution is 2.21. The van der Waals surface area contributed by atoms with Crippen LogP contribution in [0.5, 0.6) is 0 Å². The van der Waals surface area contributed by atoms with Crippen molar-refractivity contribution in [2.24, 2.45) is 0 Å². The average molecular weight is 249 g/mol. The zero-order chi connectivity index (χ0) is 12.4. The predicted octanol–water partition coefficient (Wildman–Crippen LogP) is 0.505. The third-order valence-electron chi connectivity index (χ3n) is 4.04. The normalized spacial score (nSPS) is 22.6. The molecule has 2 aliphatic heterocycles. The quantitative estimate of drug-likeness (QED) is 0.829. The summed E-state index contributed by atoms with van der Waals surface area (Å²) in [7, 11) is 0. The van der Waals surface area contributed by atoms with Crippen molar-refractivity contribution in [3.63, 3.8) is 0 Å². The van der Waals surface area contributed by atoms with E-state index >= 15 is 0 Å². The van der Waals surface area contributed by atoms with Crippen LogP contribution in [0.15, 0.2) is 6.20 Å². The van der Waals surface area contributed by atoms with Crippen molar-refractivity contribution in [1.29, 1.82) is 0 Å². The van der Waals surface area contributed by atoms with Crippen LogP contribution < -0.4 is 0 Å². The lowest BCUT2D eigenvalue weighted by Gasteiger charge is -2.36. The van der Waals surface area contributed by atoms with E-state index in [0.29, 0.717) is 11.7 Å². The lowest BCUT2D eigenvalue weighted by atomic mass is 10.0. The van der Waals surface area contributed by atoms with Gasteiger partial charge in [-0.15, -0.1) is 0 Å². The van der Waals surface area contributed by atoms with Crippen molar-refractivity contribution in [2.75, 3.05) is 26.2 Å². The summed E-state index contributed by atoms with van der Waals surface area (Å²) < 4.78 is 0. The van der Waals surface area contributed by atoms with Crippen molar-refractivity contribution in [2.45, 2.75) is 31.7 Å². The van der Waals surface area contributed by atoms with Crippen LogP contribution in [0.4, 0.5) is 0 Å². The minimum Gasteiger partial charge on any atom is -0.337 e. The number of rotatable bonds is 2. The van der Waals surface area contributed by atoms with Gasteiger partial charge in [0.25, 0.3) is 5.91 Å². The molecule has 6 nitrogen and oxygen atoms in total. The molecule has 0 bridgehead atoms. The lowest BCUT2D eigenvalue weighted by Crippen LogP contribution is -2.46. The molecule has 0 aliphatic carbocycles. The number of aromatic amines is 1. The average Bonchev–Trinajstić information content (AvgIpc) is 3.11. The molecular formula is C12H19N5O. The molecule has 0 aromatic carbocycles. The van der Waals surface area contributed by atoms with Gasteiger partial charge in [0.05, 0.1) is 6.20 Å². The van der Waals surface area contributed by atoms with E-state index in [1.54, 1.807) is 0 Å². The van der Waals surface area contributed by atoms with Gasteiger partial charge in [-0.1, -0.05) is 0 Å². The number of hydrogen-bond donors (Lipinski definition) is 1. The van der Waals surface area contributed by atoms with Gasteiger partial charge in [-0.05, 0) is 38.8 Å². The molecule has 0 saturated carbocycles. The zero-order valence-corrected chi connectivity index (χ0v) is 10.5. The Morgan fingerprint density at radius 1 is 1.22 bits per heavy atom. The molecule has 1 N–H and O–H groups in total. The Morgan fingerprint density at radius 2 is 1.94 bits per heavy atom. The molecule has 1 aromatic heterocycles. The highest BCUT2D eigenvalue weighted by Gasteiger charge is 2.29. The number of nitrogens with zero attached hydrogens (tertiary/aromatic N) is 4. The van der Waals surface area contributed by atoms with E-state index in [9.17, 15) is 4.79 Å². The summed E-state index contributed by atoms with van der Waals surface area (Å²) in [5.41, 5.74) is 0.426. The number of nitrogens with one attached hydrogen (secondary N) is 1. The van der Waals surface area contributed by atoms with Crippen LogP contribution in [0.3, 0.4) is 0 Å². The molecule has 3 rings (SSSR count). The fraction of sp³-hybridized carbons (Fsp3) is 0.750. The maximum Gasteiger partial charge on any atom is 0.276 e. The van der Waals surface area contributed by atoms with Gasteiger partial charge >= 0.3 is 0 Å². The van der Waals surface area contributed by atoms with Gasteiger partial charge in [-0.3, -0.25) is 4.79 Å². The summed E-state index contributed by atoms with van der Waals surface area (Å²) in [5, 5.41) is 10.0. The largest absolute Gasteiger partial charge is 0.337 e. The maximum absolute atomic E-state index is 12.1. The Hall–Kier alpha value is -1.43. The number of aromatic nitrogens is 3. The first-order valence-corrected chi connectivity index (χ1v) is 6.74. The lowest BCUT2D eigenvalue weighted by molar-refractivity contribution is 0.0639. The van der Waals surface area contributed by atoms with Crippen molar-refractivity contribution in [1.82, 2.24) is 25.2 Å². The summed E-state index contributed by atoms with van der Waals surface area (Å²) in [6, 6.07) is 0.675. The van der Waals surface area contributed by atoms with E-state index in [1.807, 2.05) is 4.90 Å². The molecule has 2 saturated heterocycles. The molecule has 3 heterocycles. The van der Waals surface area contributed by atoms with Gasteiger partial charge in [0, 0.05) is 19.1 Å². The van der Waals surface area contributed by atoms with Gasteiger partial charge in [0.1, 0.15) is 0 Å². The van der Waals surface area contributed by atoms with E-state index in [4.69, 9.17) is 0 Å². The van der Waals surface area contributed by atoms with Crippen LogP contribution in [0.1, 0.15) is 36.2 Å². The van der Waals surface area contributed by atoms with E-state index in [1.165, 1.54) is 32.1 Å². The monoisotopic (exact) mass is 249 g/mol. The minimum atomic E-state index is 0.00335. The van der Waals surface area contributed by atoms with Gasteiger partial charge in [-0.25, -0.2) is 0 Å². The minimum absolute atomic E-state index is 0.00335. The molecule has 2 aliphatic rings. The number of carbonyl (C=O) groups excluding carboxylic acids is 1.